The Balaban J connectivity index is 1.90. The van der Waals surface area contributed by atoms with Gasteiger partial charge in [0.25, 0.3) is 5.91 Å². The summed E-state index contributed by atoms with van der Waals surface area (Å²) in [5, 5.41) is 3.03. The van der Waals surface area contributed by atoms with Gasteiger partial charge in [0.15, 0.2) is 5.43 Å². The molecule has 0 radical (unpaired) electrons. The zero-order chi connectivity index (χ0) is 16.6. The molecule has 1 N–H and O–H groups in total. The zero-order valence-electron chi connectivity index (χ0n) is 13.7. The minimum Gasteiger partial charge on any atom is -0.354 e. The topological polar surface area (TPSA) is 64.0 Å². The van der Waals surface area contributed by atoms with Crippen LogP contribution in [-0.2, 0) is 7.05 Å². The summed E-state index contributed by atoms with van der Waals surface area (Å²) in [6.07, 6.45) is 5.50. The average Bonchev–Trinajstić information content (AvgIpc) is 3.34. The van der Waals surface area contributed by atoms with Gasteiger partial charge < -0.3 is 9.88 Å². The highest BCUT2D eigenvalue weighted by molar-refractivity contribution is 5.94. The minimum absolute atomic E-state index is 0.130. The average molecular weight is 311 g/mol. The molecule has 2 aromatic heterocycles. The van der Waals surface area contributed by atoms with E-state index in [0.29, 0.717) is 5.92 Å². The number of nitrogens with one attached hydrogen (secondary N) is 1. The molecule has 5 heteroatoms. The Bertz CT molecular complexity index is 806. The van der Waals surface area contributed by atoms with Crippen molar-refractivity contribution in [1.29, 1.82) is 0 Å². The van der Waals surface area contributed by atoms with E-state index in [1.165, 1.54) is 6.07 Å². The van der Waals surface area contributed by atoms with Crippen molar-refractivity contribution in [2.24, 2.45) is 13.0 Å². The van der Waals surface area contributed by atoms with Gasteiger partial charge in [0.05, 0.1) is 11.7 Å². The first-order valence-electron chi connectivity index (χ1n) is 7.87. The molecule has 3 rings (SSSR count). The second-order valence-electron chi connectivity index (χ2n) is 6.30. The lowest BCUT2D eigenvalue weighted by Crippen LogP contribution is -2.34. The molecule has 1 saturated carbocycles. The SMILES string of the molecule is Cc1cccnc1[C@@H](NC(=O)c1cn(C)c(C)cc1=O)C1CC1. The third-order valence-electron chi connectivity index (χ3n) is 4.45. The van der Waals surface area contributed by atoms with E-state index in [4.69, 9.17) is 0 Å². The third kappa shape index (κ3) is 3.18. The van der Waals surface area contributed by atoms with Gasteiger partial charge >= 0.3 is 0 Å². The number of aryl methyl sites for hydroxylation is 3. The number of nitrogens with zero attached hydrogens (tertiary/aromatic N) is 2. The molecule has 0 spiro atoms. The maximum Gasteiger partial charge on any atom is 0.257 e. The van der Waals surface area contributed by atoms with Crippen molar-refractivity contribution in [3.63, 3.8) is 0 Å². The van der Waals surface area contributed by atoms with Crippen LogP contribution in [0.4, 0.5) is 0 Å². The zero-order valence-corrected chi connectivity index (χ0v) is 13.7. The van der Waals surface area contributed by atoms with Crippen LogP contribution < -0.4 is 10.7 Å². The highest BCUT2D eigenvalue weighted by Crippen LogP contribution is 2.41. The predicted molar refractivity (Wildman–Crippen MR) is 88.3 cm³/mol. The fraction of sp³-hybridized carbons (Fsp3) is 0.389. The van der Waals surface area contributed by atoms with Crippen LogP contribution in [0.15, 0.2) is 35.4 Å². The van der Waals surface area contributed by atoms with Crippen molar-refractivity contribution in [2.75, 3.05) is 0 Å². The van der Waals surface area contributed by atoms with Gasteiger partial charge in [-0.05, 0) is 44.2 Å². The molecule has 0 saturated heterocycles. The molecular formula is C18H21N3O2. The normalized spacial score (nSPS) is 15.3. The number of pyridine rings is 2. The van der Waals surface area contributed by atoms with E-state index < -0.39 is 0 Å². The lowest BCUT2D eigenvalue weighted by molar-refractivity contribution is 0.0928. The molecule has 120 valence electrons. The number of carbonyl (C=O) groups is 1. The molecule has 2 heterocycles. The summed E-state index contributed by atoms with van der Waals surface area (Å²) in [7, 11) is 1.83. The molecule has 5 nitrogen and oxygen atoms in total. The minimum atomic E-state index is -0.326. The van der Waals surface area contributed by atoms with Crippen molar-refractivity contribution >= 4 is 5.91 Å². The summed E-state index contributed by atoms with van der Waals surface area (Å²) in [4.78, 5) is 29.2. The quantitative estimate of drug-likeness (QED) is 0.942. The van der Waals surface area contributed by atoms with Crippen molar-refractivity contribution in [3.05, 3.63) is 63.3 Å². The smallest absolute Gasteiger partial charge is 0.257 e. The van der Waals surface area contributed by atoms with E-state index in [0.717, 1.165) is 29.8 Å². The summed E-state index contributed by atoms with van der Waals surface area (Å²) >= 11 is 0. The molecule has 1 atom stereocenters. The second kappa shape index (κ2) is 5.99. The molecule has 0 unspecified atom stereocenters. The monoisotopic (exact) mass is 311 g/mol. The summed E-state index contributed by atoms with van der Waals surface area (Å²) in [5.41, 5.74) is 2.71. The highest BCUT2D eigenvalue weighted by atomic mass is 16.2. The molecule has 2 aromatic rings. The number of carbonyl (C=O) groups excluding carboxylic acids is 1. The van der Waals surface area contributed by atoms with Crippen molar-refractivity contribution < 1.29 is 4.79 Å². The van der Waals surface area contributed by atoms with Gasteiger partial charge in [-0.1, -0.05) is 6.07 Å². The molecule has 0 aliphatic heterocycles. The first-order chi connectivity index (χ1) is 11.0. The lowest BCUT2D eigenvalue weighted by Gasteiger charge is -2.19. The summed E-state index contributed by atoms with van der Waals surface area (Å²) in [5.74, 6) is 0.0782. The molecule has 1 aliphatic carbocycles. The number of hydrogen-bond donors (Lipinski definition) is 1. The van der Waals surface area contributed by atoms with Crippen LogP contribution in [0, 0.1) is 19.8 Å². The van der Waals surface area contributed by atoms with E-state index >= 15 is 0 Å². The van der Waals surface area contributed by atoms with Gasteiger partial charge in [-0.15, -0.1) is 0 Å². The predicted octanol–water partition coefficient (Wildman–Crippen LogP) is 2.28. The Morgan fingerprint density at radius 3 is 2.78 bits per heavy atom. The molecule has 1 amide bonds. The van der Waals surface area contributed by atoms with Crippen LogP contribution in [0.2, 0.25) is 0 Å². The first kappa shape index (κ1) is 15.5. The lowest BCUT2D eigenvalue weighted by atomic mass is 10.0. The van der Waals surface area contributed by atoms with Gasteiger partial charge in [-0.25, -0.2) is 0 Å². The van der Waals surface area contributed by atoms with E-state index in [-0.39, 0.29) is 22.9 Å². The van der Waals surface area contributed by atoms with Gasteiger partial charge in [0, 0.05) is 31.2 Å². The fourth-order valence-electron chi connectivity index (χ4n) is 2.78. The maximum atomic E-state index is 12.6. The van der Waals surface area contributed by atoms with E-state index in [1.54, 1.807) is 17.0 Å². The molecule has 0 bridgehead atoms. The van der Waals surface area contributed by atoms with Crippen molar-refractivity contribution in [2.45, 2.75) is 32.7 Å². The fourth-order valence-corrected chi connectivity index (χ4v) is 2.78. The van der Waals surface area contributed by atoms with Crippen LogP contribution in [0.25, 0.3) is 0 Å². The van der Waals surface area contributed by atoms with Gasteiger partial charge in [0.2, 0.25) is 0 Å². The van der Waals surface area contributed by atoms with Gasteiger partial charge in [-0.2, -0.15) is 0 Å². The van der Waals surface area contributed by atoms with Crippen LogP contribution >= 0.6 is 0 Å². The standard InChI is InChI=1S/C18H21N3O2/c1-11-5-4-8-19-16(11)17(13-6-7-13)20-18(23)14-10-21(3)12(2)9-15(14)22/h4-5,8-10,13,17H,6-7H2,1-3H3,(H,20,23)/t17-/m0/s1. The van der Waals surface area contributed by atoms with Crippen LogP contribution in [0.5, 0.6) is 0 Å². The highest BCUT2D eigenvalue weighted by Gasteiger charge is 2.35. The van der Waals surface area contributed by atoms with E-state index in [2.05, 4.69) is 10.3 Å². The summed E-state index contributed by atoms with van der Waals surface area (Å²) < 4.78 is 1.79. The van der Waals surface area contributed by atoms with Gasteiger partial charge in [0.1, 0.15) is 5.56 Å². The van der Waals surface area contributed by atoms with Crippen LogP contribution in [-0.4, -0.2) is 15.5 Å². The van der Waals surface area contributed by atoms with Crippen LogP contribution in [0.1, 0.15) is 46.2 Å². The number of aromatic nitrogens is 2. The number of amides is 1. The third-order valence-corrected chi connectivity index (χ3v) is 4.45. The van der Waals surface area contributed by atoms with Crippen molar-refractivity contribution in [3.8, 4) is 0 Å². The Labute approximate surface area is 135 Å². The number of rotatable bonds is 4. The molecule has 1 aliphatic rings. The molecular weight excluding hydrogens is 290 g/mol. The van der Waals surface area contributed by atoms with Crippen molar-refractivity contribution in [1.82, 2.24) is 14.9 Å². The van der Waals surface area contributed by atoms with Gasteiger partial charge in [-0.3, -0.25) is 14.6 Å². The maximum absolute atomic E-state index is 12.6. The molecule has 23 heavy (non-hydrogen) atoms. The van der Waals surface area contributed by atoms with E-state index in [9.17, 15) is 9.59 Å². The Hall–Kier alpha value is -2.43. The summed E-state index contributed by atoms with van der Waals surface area (Å²) in [6, 6.07) is 5.25. The largest absolute Gasteiger partial charge is 0.354 e. The Morgan fingerprint density at radius 1 is 1.39 bits per heavy atom. The Kier molecular flexibility index (Phi) is 4.03. The second-order valence-corrected chi connectivity index (χ2v) is 6.30. The number of hydrogen-bond acceptors (Lipinski definition) is 3. The molecule has 0 aromatic carbocycles. The van der Waals surface area contributed by atoms with Crippen LogP contribution in [0.3, 0.4) is 0 Å². The first-order valence-corrected chi connectivity index (χ1v) is 7.87. The summed E-state index contributed by atoms with van der Waals surface area (Å²) in [6.45, 7) is 3.84. The molecule has 1 fully saturated rings. The van der Waals surface area contributed by atoms with E-state index in [1.807, 2.05) is 33.0 Å². The Morgan fingerprint density at radius 2 is 2.13 bits per heavy atom.